The highest BCUT2D eigenvalue weighted by atomic mass is 16.5. The average Bonchev–Trinajstić information content (AvgIpc) is 2.38. The van der Waals surface area contributed by atoms with Crippen LogP contribution in [0.5, 0.6) is 0 Å². The van der Waals surface area contributed by atoms with Gasteiger partial charge in [0.15, 0.2) is 0 Å². The van der Waals surface area contributed by atoms with E-state index in [9.17, 15) is 0 Å². The minimum absolute atomic E-state index is 0.389. The van der Waals surface area contributed by atoms with E-state index in [1.54, 1.807) is 0 Å². The van der Waals surface area contributed by atoms with Crippen molar-refractivity contribution in [3.05, 3.63) is 0 Å². The molecule has 2 fully saturated rings. The average molecular weight is 283 g/mol. The minimum Gasteiger partial charge on any atom is -0.374 e. The molecule has 0 bridgehead atoms. The molecule has 0 spiro atoms. The molecule has 4 heteroatoms. The van der Waals surface area contributed by atoms with Gasteiger partial charge in [0.25, 0.3) is 0 Å². The van der Waals surface area contributed by atoms with E-state index < -0.39 is 0 Å². The topological polar surface area (TPSA) is 27.7 Å². The Bertz CT molecular complexity index is 285. The van der Waals surface area contributed by atoms with Gasteiger partial charge in [-0.25, -0.2) is 0 Å². The Balaban J connectivity index is 1.87. The number of hydrogen-bond acceptors (Lipinski definition) is 4. The number of ether oxygens (including phenoxy) is 1. The highest BCUT2D eigenvalue weighted by molar-refractivity contribution is 4.88. The molecule has 20 heavy (non-hydrogen) atoms. The van der Waals surface area contributed by atoms with Crippen molar-refractivity contribution < 1.29 is 4.74 Å². The maximum absolute atomic E-state index is 5.96. The third kappa shape index (κ3) is 4.69. The molecule has 0 aromatic rings. The Morgan fingerprint density at radius 3 is 2.75 bits per heavy atom. The number of nitrogens with zero attached hydrogens (tertiary/aromatic N) is 2. The molecule has 2 heterocycles. The quantitative estimate of drug-likeness (QED) is 0.826. The van der Waals surface area contributed by atoms with Crippen LogP contribution in [-0.2, 0) is 4.74 Å². The smallest absolute Gasteiger partial charge is 0.0829 e. The summed E-state index contributed by atoms with van der Waals surface area (Å²) in [5.74, 6) is 0.768. The number of morpholine rings is 1. The van der Waals surface area contributed by atoms with Gasteiger partial charge in [-0.2, -0.15) is 0 Å². The van der Waals surface area contributed by atoms with Gasteiger partial charge in [0.1, 0.15) is 0 Å². The number of piperazine rings is 1. The molecule has 0 aliphatic carbocycles. The number of rotatable bonds is 5. The maximum Gasteiger partial charge on any atom is 0.0829 e. The molecular formula is C16H33N3O. The summed E-state index contributed by atoms with van der Waals surface area (Å²) in [4.78, 5) is 5.07. The summed E-state index contributed by atoms with van der Waals surface area (Å²) in [7, 11) is 2.20. The van der Waals surface area contributed by atoms with Gasteiger partial charge >= 0.3 is 0 Å². The summed E-state index contributed by atoms with van der Waals surface area (Å²) >= 11 is 0. The molecule has 4 nitrogen and oxygen atoms in total. The van der Waals surface area contributed by atoms with Gasteiger partial charge < -0.3 is 15.0 Å². The van der Waals surface area contributed by atoms with E-state index in [2.05, 4.69) is 42.9 Å². The highest BCUT2D eigenvalue weighted by Crippen LogP contribution is 2.17. The van der Waals surface area contributed by atoms with E-state index in [4.69, 9.17) is 4.74 Å². The molecule has 2 aliphatic heterocycles. The van der Waals surface area contributed by atoms with Crippen LogP contribution in [-0.4, -0.2) is 74.4 Å². The van der Waals surface area contributed by atoms with Gasteiger partial charge in [-0.1, -0.05) is 20.8 Å². The van der Waals surface area contributed by atoms with E-state index in [0.717, 1.165) is 38.7 Å². The summed E-state index contributed by atoms with van der Waals surface area (Å²) in [6.07, 6.45) is 2.89. The molecule has 1 N–H and O–H groups in total. The van der Waals surface area contributed by atoms with Crippen LogP contribution >= 0.6 is 0 Å². The fourth-order valence-corrected chi connectivity index (χ4v) is 3.52. The van der Waals surface area contributed by atoms with Crippen molar-refractivity contribution in [3.63, 3.8) is 0 Å². The molecular weight excluding hydrogens is 250 g/mol. The number of hydrogen-bond donors (Lipinski definition) is 1. The Hall–Kier alpha value is -0.160. The van der Waals surface area contributed by atoms with Crippen LogP contribution in [0.3, 0.4) is 0 Å². The first-order chi connectivity index (χ1) is 9.58. The Kier molecular flexibility index (Phi) is 6.27. The van der Waals surface area contributed by atoms with Gasteiger partial charge in [-0.3, -0.25) is 4.90 Å². The largest absolute Gasteiger partial charge is 0.374 e. The second-order valence-electron chi connectivity index (χ2n) is 7.01. The molecule has 118 valence electrons. The predicted octanol–water partition coefficient (Wildman–Crippen LogP) is 1.42. The Morgan fingerprint density at radius 2 is 2.10 bits per heavy atom. The molecule has 2 rings (SSSR count). The van der Waals surface area contributed by atoms with Crippen molar-refractivity contribution in [1.82, 2.24) is 15.1 Å². The van der Waals surface area contributed by atoms with Crippen LogP contribution in [0, 0.1) is 5.92 Å². The Labute approximate surface area is 124 Å². The molecule has 0 saturated carbocycles. The van der Waals surface area contributed by atoms with Crippen LogP contribution in [0.2, 0.25) is 0 Å². The summed E-state index contributed by atoms with van der Waals surface area (Å²) in [5.41, 5.74) is 0. The van der Waals surface area contributed by atoms with E-state index in [1.807, 2.05) is 0 Å². The first kappa shape index (κ1) is 16.2. The molecule has 2 saturated heterocycles. The minimum atomic E-state index is 0.389. The molecule has 3 atom stereocenters. The van der Waals surface area contributed by atoms with Crippen LogP contribution in [0.4, 0.5) is 0 Å². The first-order valence-electron chi connectivity index (χ1n) is 8.36. The monoisotopic (exact) mass is 283 g/mol. The van der Waals surface area contributed by atoms with Crippen molar-refractivity contribution >= 4 is 0 Å². The molecule has 3 unspecified atom stereocenters. The lowest BCUT2D eigenvalue weighted by atomic mass is 9.98. The van der Waals surface area contributed by atoms with E-state index in [-0.39, 0.29) is 0 Å². The number of likely N-dealkylation sites (N-methyl/N-ethyl adjacent to an activating group) is 1. The van der Waals surface area contributed by atoms with Crippen molar-refractivity contribution in [2.24, 2.45) is 5.92 Å². The first-order valence-corrected chi connectivity index (χ1v) is 8.36. The molecule has 0 aromatic carbocycles. The van der Waals surface area contributed by atoms with E-state index >= 15 is 0 Å². The maximum atomic E-state index is 5.96. The second kappa shape index (κ2) is 7.74. The zero-order chi connectivity index (χ0) is 14.5. The lowest BCUT2D eigenvalue weighted by Crippen LogP contribution is -2.59. The molecule has 0 aromatic heterocycles. The lowest BCUT2D eigenvalue weighted by molar-refractivity contribution is -0.0472. The predicted molar refractivity (Wildman–Crippen MR) is 84.1 cm³/mol. The van der Waals surface area contributed by atoms with Crippen molar-refractivity contribution in [3.8, 4) is 0 Å². The van der Waals surface area contributed by atoms with Gasteiger partial charge in [0, 0.05) is 44.8 Å². The fourth-order valence-electron chi connectivity index (χ4n) is 3.52. The molecule has 0 amide bonds. The normalized spacial score (nSPS) is 33.8. The summed E-state index contributed by atoms with van der Waals surface area (Å²) in [6.45, 7) is 13.4. The SMILES string of the molecule is CCC1CNC(CC(C)C)CN1CC1CN(C)CCO1. The van der Waals surface area contributed by atoms with Crippen LogP contribution in [0.15, 0.2) is 0 Å². The zero-order valence-corrected chi connectivity index (χ0v) is 13.8. The highest BCUT2D eigenvalue weighted by Gasteiger charge is 2.30. The van der Waals surface area contributed by atoms with Crippen molar-refractivity contribution in [2.45, 2.75) is 51.8 Å². The van der Waals surface area contributed by atoms with Gasteiger partial charge in [-0.15, -0.1) is 0 Å². The van der Waals surface area contributed by atoms with Crippen molar-refractivity contribution in [1.29, 1.82) is 0 Å². The van der Waals surface area contributed by atoms with Crippen LogP contribution < -0.4 is 5.32 Å². The summed E-state index contributed by atoms with van der Waals surface area (Å²) in [5, 5.41) is 3.73. The second-order valence-corrected chi connectivity index (χ2v) is 7.01. The van der Waals surface area contributed by atoms with Crippen LogP contribution in [0.25, 0.3) is 0 Å². The Morgan fingerprint density at radius 1 is 1.30 bits per heavy atom. The molecule has 2 aliphatic rings. The zero-order valence-electron chi connectivity index (χ0n) is 13.8. The van der Waals surface area contributed by atoms with E-state index in [0.29, 0.717) is 18.2 Å². The summed E-state index contributed by atoms with van der Waals surface area (Å²) < 4.78 is 5.96. The standard InChI is InChI=1S/C16H33N3O/c1-5-15-9-17-14(8-13(2)3)10-19(15)12-16-11-18(4)6-7-20-16/h13-17H,5-12H2,1-4H3. The van der Waals surface area contributed by atoms with Gasteiger partial charge in [0.05, 0.1) is 12.7 Å². The van der Waals surface area contributed by atoms with E-state index in [1.165, 1.54) is 19.4 Å². The summed E-state index contributed by atoms with van der Waals surface area (Å²) in [6, 6.07) is 1.33. The van der Waals surface area contributed by atoms with Crippen molar-refractivity contribution in [2.75, 3.05) is 46.4 Å². The fraction of sp³-hybridized carbons (Fsp3) is 1.00. The van der Waals surface area contributed by atoms with Crippen LogP contribution in [0.1, 0.15) is 33.6 Å². The number of nitrogens with one attached hydrogen (secondary N) is 1. The van der Waals surface area contributed by atoms with Gasteiger partial charge in [-0.05, 0) is 25.8 Å². The third-order valence-corrected chi connectivity index (χ3v) is 4.62. The third-order valence-electron chi connectivity index (χ3n) is 4.62. The van der Waals surface area contributed by atoms with Gasteiger partial charge in [0.2, 0.25) is 0 Å². The lowest BCUT2D eigenvalue weighted by Gasteiger charge is -2.43. The molecule has 0 radical (unpaired) electrons.